The Morgan fingerprint density at radius 3 is 2.63 bits per heavy atom. The van der Waals surface area contributed by atoms with Crippen molar-refractivity contribution in [2.75, 3.05) is 23.7 Å². The van der Waals surface area contributed by atoms with Gasteiger partial charge in [-0.25, -0.2) is 4.79 Å². The van der Waals surface area contributed by atoms with Crippen LogP contribution >= 0.6 is 27.3 Å². The third-order valence-corrected chi connectivity index (χ3v) is 6.38. The van der Waals surface area contributed by atoms with Crippen LogP contribution in [-0.4, -0.2) is 40.1 Å². The van der Waals surface area contributed by atoms with Crippen LogP contribution in [0.1, 0.15) is 33.6 Å². The van der Waals surface area contributed by atoms with Gasteiger partial charge in [-0.15, -0.1) is 10.2 Å². The number of para-hydroxylation sites is 1. The van der Waals surface area contributed by atoms with Crippen molar-refractivity contribution in [1.29, 1.82) is 0 Å². The minimum Gasteiger partial charge on any atom is -0.324 e. The van der Waals surface area contributed by atoms with Crippen molar-refractivity contribution in [2.24, 2.45) is 0 Å². The molecule has 0 saturated carbocycles. The number of halogens is 1. The van der Waals surface area contributed by atoms with Crippen molar-refractivity contribution < 1.29 is 9.59 Å². The fourth-order valence-corrected chi connectivity index (χ4v) is 4.59. The summed E-state index contributed by atoms with van der Waals surface area (Å²) in [6.45, 7) is 1.24. The van der Waals surface area contributed by atoms with Crippen LogP contribution in [0.15, 0.2) is 59.1 Å². The van der Waals surface area contributed by atoms with E-state index < -0.39 is 0 Å². The zero-order valence-corrected chi connectivity index (χ0v) is 18.4. The topological polar surface area (TPSA) is 87.2 Å². The number of nitrogens with zero attached hydrogens (tertiary/aromatic N) is 3. The van der Waals surface area contributed by atoms with E-state index >= 15 is 0 Å². The van der Waals surface area contributed by atoms with Crippen molar-refractivity contribution in [2.45, 2.75) is 18.8 Å². The van der Waals surface area contributed by atoms with Gasteiger partial charge in [0.05, 0.1) is 0 Å². The number of carbonyl (C=O) groups is 2. The van der Waals surface area contributed by atoms with E-state index in [1.807, 2.05) is 54.6 Å². The van der Waals surface area contributed by atoms with Crippen molar-refractivity contribution >= 4 is 50.6 Å². The number of rotatable bonds is 4. The highest BCUT2D eigenvalue weighted by Crippen LogP contribution is 2.30. The third-order valence-electron chi connectivity index (χ3n) is 4.80. The number of piperidine rings is 1. The molecule has 154 valence electrons. The molecule has 30 heavy (non-hydrogen) atoms. The zero-order chi connectivity index (χ0) is 20.9. The van der Waals surface area contributed by atoms with E-state index in [0.717, 1.165) is 28.0 Å². The molecule has 1 aromatic heterocycles. The highest BCUT2D eigenvalue weighted by atomic mass is 79.9. The van der Waals surface area contributed by atoms with Crippen LogP contribution in [0.4, 0.5) is 16.2 Å². The molecule has 2 heterocycles. The molecule has 0 radical (unpaired) electrons. The average molecular weight is 486 g/mol. The second-order valence-corrected chi connectivity index (χ2v) is 8.92. The lowest BCUT2D eigenvalue weighted by Crippen LogP contribution is -2.41. The minimum absolute atomic E-state index is 0.0720. The van der Waals surface area contributed by atoms with Crippen LogP contribution in [0.2, 0.25) is 0 Å². The number of anilines is 2. The van der Waals surface area contributed by atoms with Gasteiger partial charge >= 0.3 is 6.03 Å². The fourth-order valence-electron chi connectivity index (χ4n) is 3.33. The van der Waals surface area contributed by atoms with Crippen LogP contribution in [0.5, 0.6) is 0 Å². The summed E-state index contributed by atoms with van der Waals surface area (Å²) < 4.78 is 0.909. The number of benzene rings is 2. The number of hydrogen-bond donors (Lipinski definition) is 2. The second-order valence-electron chi connectivity index (χ2n) is 6.99. The smallest absolute Gasteiger partial charge is 0.321 e. The summed E-state index contributed by atoms with van der Waals surface area (Å²) in [5.74, 6) is -0.201. The SMILES string of the molecule is O=C(Nc1ccccc1)c1nnc([C@H]2CCCN(C(=O)Nc3cccc(Br)c3)C2)s1. The van der Waals surface area contributed by atoms with E-state index in [4.69, 9.17) is 0 Å². The van der Waals surface area contributed by atoms with E-state index in [2.05, 4.69) is 36.8 Å². The van der Waals surface area contributed by atoms with Gasteiger partial charge in [-0.3, -0.25) is 4.79 Å². The number of urea groups is 1. The molecule has 0 bridgehead atoms. The molecule has 2 N–H and O–H groups in total. The summed E-state index contributed by atoms with van der Waals surface area (Å²) >= 11 is 4.70. The number of carbonyl (C=O) groups excluding carboxylic acids is 2. The number of nitrogens with one attached hydrogen (secondary N) is 2. The highest BCUT2D eigenvalue weighted by Gasteiger charge is 2.28. The van der Waals surface area contributed by atoms with Crippen molar-refractivity contribution in [1.82, 2.24) is 15.1 Å². The molecule has 1 aliphatic rings. The van der Waals surface area contributed by atoms with E-state index in [1.165, 1.54) is 11.3 Å². The van der Waals surface area contributed by atoms with E-state index in [-0.39, 0.29) is 17.9 Å². The first-order chi connectivity index (χ1) is 14.6. The Kier molecular flexibility index (Phi) is 6.39. The number of likely N-dealkylation sites (tertiary alicyclic amines) is 1. The predicted octanol–water partition coefficient (Wildman–Crippen LogP) is 4.96. The van der Waals surface area contributed by atoms with Crippen LogP contribution in [-0.2, 0) is 0 Å². The van der Waals surface area contributed by atoms with Crippen LogP contribution < -0.4 is 10.6 Å². The first-order valence-electron chi connectivity index (χ1n) is 9.60. The first kappa shape index (κ1) is 20.5. The van der Waals surface area contributed by atoms with Crippen LogP contribution in [0.25, 0.3) is 0 Å². The molecule has 0 spiro atoms. The Morgan fingerprint density at radius 1 is 1.03 bits per heavy atom. The van der Waals surface area contributed by atoms with Gasteiger partial charge in [0.25, 0.3) is 5.91 Å². The van der Waals surface area contributed by atoms with Crippen LogP contribution in [0.3, 0.4) is 0 Å². The Labute approximate surface area is 186 Å². The molecule has 1 atom stereocenters. The summed E-state index contributed by atoms with van der Waals surface area (Å²) in [7, 11) is 0. The first-order valence-corrected chi connectivity index (χ1v) is 11.2. The molecule has 1 aliphatic heterocycles. The van der Waals surface area contributed by atoms with Gasteiger partial charge in [0, 0.05) is 34.9 Å². The largest absolute Gasteiger partial charge is 0.324 e. The number of amides is 3. The number of hydrogen-bond acceptors (Lipinski definition) is 5. The molecule has 9 heteroatoms. The molecule has 1 saturated heterocycles. The molecular weight excluding hydrogens is 466 g/mol. The highest BCUT2D eigenvalue weighted by molar-refractivity contribution is 9.10. The Bertz CT molecular complexity index is 1040. The van der Waals surface area contributed by atoms with Gasteiger partial charge in [-0.2, -0.15) is 0 Å². The molecule has 7 nitrogen and oxygen atoms in total. The lowest BCUT2D eigenvalue weighted by atomic mass is 9.99. The van der Waals surface area contributed by atoms with Gasteiger partial charge in [0.1, 0.15) is 5.01 Å². The Hall–Kier alpha value is -2.78. The van der Waals surface area contributed by atoms with Gasteiger partial charge < -0.3 is 15.5 Å². The standard InChI is InChI=1S/C21H20BrN5O2S/c22-15-7-4-10-17(12-15)24-21(29)27-11-5-6-14(13-27)19-25-26-20(30-19)18(28)23-16-8-2-1-3-9-16/h1-4,7-10,12,14H,5-6,11,13H2,(H,23,28)(H,24,29)/t14-/m0/s1. The maximum Gasteiger partial charge on any atom is 0.321 e. The summed E-state index contributed by atoms with van der Waals surface area (Å²) in [4.78, 5) is 26.9. The molecule has 2 aromatic carbocycles. The molecule has 0 unspecified atom stereocenters. The van der Waals surface area contributed by atoms with Crippen molar-refractivity contribution in [3.05, 3.63) is 69.1 Å². The maximum absolute atomic E-state index is 12.7. The van der Waals surface area contributed by atoms with Crippen molar-refractivity contribution in [3.63, 3.8) is 0 Å². The Morgan fingerprint density at radius 2 is 1.83 bits per heavy atom. The molecule has 3 aromatic rings. The predicted molar refractivity (Wildman–Crippen MR) is 121 cm³/mol. The third kappa shape index (κ3) is 5.03. The summed E-state index contributed by atoms with van der Waals surface area (Å²) in [5, 5.41) is 15.2. The molecule has 3 amide bonds. The quantitative estimate of drug-likeness (QED) is 0.546. The van der Waals surface area contributed by atoms with E-state index in [0.29, 0.717) is 23.8 Å². The lowest BCUT2D eigenvalue weighted by Gasteiger charge is -2.31. The second kappa shape index (κ2) is 9.36. The number of aromatic nitrogens is 2. The minimum atomic E-state index is -0.273. The van der Waals surface area contributed by atoms with E-state index in [1.54, 1.807) is 4.90 Å². The zero-order valence-electron chi connectivity index (χ0n) is 16.0. The Balaban J connectivity index is 1.38. The van der Waals surface area contributed by atoms with Crippen molar-refractivity contribution in [3.8, 4) is 0 Å². The van der Waals surface area contributed by atoms with Gasteiger partial charge in [-0.1, -0.05) is 51.5 Å². The molecular formula is C21H20BrN5O2S. The molecule has 0 aliphatic carbocycles. The maximum atomic E-state index is 12.7. The fraction of sp³-hybridized carbons (Fsp3) is 0.238. The van der Waals surface area contributed by atoms with Crippen LogP contribution in [0, 0.1) is 0 Å². The average Bonchev–Trinajstić information content (AvgIpc) is 3.25. The molecule has 4 rings (SSSR count). The van der Waals surface area contributed by atoms with Gasteiger partial charge in [0.15, 0.2) is 0 Å². The summed E-state index contributed by atoms with van der Waals surface area (Å²) in [5.41, 5.74) is 1.46. The van der Waals surface area contributed by atoms with Gasteiger partial charge in [-0.05, 0) is 43.2 Å². The lowest BCUT2D eigenvalue weighted by molar-refractivity contribution is 0.102. The van der Waals surface area contributed by atoms with E-state index in [9.17, 15) is 9.59 Å². The van der Waals surface area contributed by atoms with Gasteiger partial charge in [0.2, 0.25) is 5.01 Å². The molecule has 1 fully saturated rings. The normalized spacial score (nSPS) is 16.2. The summed E-state index contributed by atoms with van der Waals surface area (Å²) in [6.07, 6.45) is 1.79. The monoisotopic (exact) mass is 485 g/mol. The summed E-state index contributed by atoms with van der Waals surface area (Å²) in [6, 6.07) is 16.6.